The van der Waals surface area contributed by atoms with Gasteiger partial charge in [0.15, 0.2) is 5.69 Å². The molecule has 0 fully saturated rings. The number of hydrogen-bond acceptors (Lipinski definition) is 4. The summed E-state index contributed by atoms with van der Waals surface area (Å²) in [5.74, 6) is -1.26. The van der Waals surface area contributed by atoms with Crippen LogP contribution in [0.3, 0.4) is 0 Å². The van der Waals surface area contributed by atoms with Gasteiger partial charge < -0.3 is 5.11 Å². The van der Waals surface area contributed by atoms with E-state index in [-0.39, 0.29) is 16.2 Å². The predicted molar refractivity (Wildman–Crippen MR) is 55.7 cm³/mol. The average Bonchev–Trinajstić information content (AvgIpc) is 2.23. The number of aromatic carboxylic acids is 1. The van der Waals surface area contributed by atoms with Crippen molar-refractivity contribution in [2.45, 2.75) is 4.90 Å². The number of rotatable bonds is 1. The summed E-state index contributed by atoms with van der Waals surface area (Å²) < 4.78 is 1.24. The van der Waals surface area contributed by atoms with Crippen molar-refractivity contribution in [1.29, 1.82) is 0 Å². The van der Waals surface area contributed by atoms with Gasteiger partial charge in [0, 0.05) is 6.20 Å². The molecule has 5 nitrogen and oxygen atoms in total. The number of carbonyl (C=O) groups is 1. The number of hydrogen-bond donors (Lipinski definition) is 2. The third kappa shape index (κ3) is 1.48. The van der Waals surface area contributed by atoms with Gasteiger partial charge in [0.2, 0.25) is 0 Å². The largest absolute Gasteiger partial charge is 0.476 e. The molecule has 0 spiro atoms. The Hall–Kier alpha value is -1.82. The molecule has 0 radical (unpaired) electrons. The molecule has 0 saturated carbocycles. The van der Waals surface area contributed by atoms with Crippen molar-refractivity contribution in [2.24, 2.45) is 0 Å². The van der Waals surface area contributed by atoms with Gasteiger partial charge in [0.1, 0.15) is 10.5 Å². The highest BCUT2D eigenvalue weighted by Gasteiger charge is 2.14. The number of carboxylic acid groups (broad SMARTS) is 1. The molecule has 2 rings (SSSR count). The lowest BCUT2D eigenvalue weighted by atomic mass is 10.3. The molecule has 0 bridgehead atoms. The van der Waals surface area contributed by atoms with E-state index in [0.717, 1.165) is 0 Å². The Kier molecular flexibility index (Phi) is 2.20. The number of pyridine rings is 1. The molecule has 6 heteroatoms. The minimum atomic E-state index is -1.26. The van der Waals surface area contributed by atoms with E-state index < -0.39 is 11.5 Å². The minimum absolute atomic E-state index is 0.161. The highest BCUT2D eigenvalue weighted by molar-refractivity contribution is 7.80. The normalized spacial score (nSPS) is 10.5. The van der Waals surface area contributed by atoms with Gasteiger partial charge in [-0.1, -0.05) is 6.07 Å². The summed E-state index contributed by atoms with van der Waals surface area (Å²) in [5, 5.41) is 8.79. The van der Waals surface area contributed by atoms with Crippen LogP contribution in [0.5, 0.6) is 0 Å². The zero-order valence-corrected chi connectivity index (χ0v) is 8.31. The lowest BCUT2D eigenvalue weighted by Gasteiger charge is -2.02. The van der Waals surface area contributed by atoms with E-state index in [1.807, 2.05) is 0 Å². The Morgan fingerprint density at radius 3 is 2.87 bits per heavy atom. The second-order valence-corrected chi connectivity index (χ2v) is 3.30. The molecule has 0 atom stereocenters. The van der Waals surface area contributed by atoms with Crippen molar-refractivity contribution in [1.82, 2.24) is 9.38 Å². The van der Waals surface area contributed by atoms with E-state index in [9.17, 15) is 9.59 Å². The summed E-state index contributed by atoms with van der Waals surface area (Å²) in [6.45, 7) is 0. The van der Waals surface area contributed by atoms with Gasteiger partial charge in [-0.05, 0) is 12.1 Å². The fourth-order valence-electron chi connectivity index (χ4n) is 1.23. The van der Waals surface area contributed by atoms with E-state index in [1.54, 1.807) is 18.2 Å². The van der Waals surface area contributed by atoms with Crippen LogP contribution in [0.2, 0.25) is 0 Å². The van der Waals surface area contributed by atoms with Crippen LogP contribution in [0.25, 0.3) is 5.65 Å². The maximum atomic E-state index is 11.6. The zero-order chi connectivity index (χ0) is 11.0. The molecule has 0 aromatic carbocycles. The van der Waals surface area contributed by atoms with E-state index in [1.165, 1.54) is 10.6 Å². The van der Waals surface area contributed by atoms with Gasteiger partial charge in [-0.15, -0.1) is 12.6 Å². The molecule has 0 aliphatic heterocycles. The van der Waals surface area contributed by atoms with Crippen molar-refractivity contribution in [3.63, 3.8) is 0 Å². The van der Waals surface area contributed by atoms with Crippen LogP contribution in [-0.2, 0) is 0 Å². The van der Waals surface area contributed by atoms with Crippen LogP contribution >= 0.6 is 12.6 Å². The standard InChI is InChI=1S/C9H6N2O3S/c12-8-7(15)6(9(13)14)10-5-3-1-2-4-11(5)8/h1-4,15H,(H,13,14). The molecular weight excluding hydrogens is 216 g/mol. The zero-order valence-electron chi connectivity index (χ0n) is 7.41. The summed E-state index contributed by atoms with van der Waals surface area (Å²) in [5.41, 5.74) is -0.520. The Labute approximate surface area is 89.4 Å². The van der Waals surface area contributed by atoms with Crippen molar-refractivity contribution in [3.05, 3.63) is 40.4 Å². The fraction of sp³-hybridized carbons (Fsp3) is 0. The molecule has 1 N–H and O–H groups in total. The van der Waals surface area contributed by atoms with Gasteiger partial charge in [-0.3, -0.25) is 9.20 Å². The van der Waals surface area contributed by atoms with E-state index in [2.05, 4.69) is 17.6 Å². The highest BCUT2D eigenvalue weighted by Crippen LogP contribution is 2.07. The first-order chi connectivity index (χ1) is 7.11. The summed E-state index contributed by atoms with van der Waals surface area (Å²) in [7, 11) is 0. The average molecular weight is 222 g/mol. The van der Waals surface area contributed by atoms with E-state index >= 15 is 0 Å². The van der Waals surface area contributed by atoms with Crippen molar-refractivity contribution in [2.75, 3.05) is 0 Å². The molecule has 0 aliphatic carbocycles. The van der Waals surface area contributed by atoms with Crippen LogP contribution in [-0.4, -0.2) is 20.5 Å². The van der Waals surface area contributed by atoms with E-state index in [4.69, 9.17) is 5.11 Å². The number of fused-ring (bicyclic) bond motifs is 1. The van der Waals surface area contributed by atoms with Crippen LogP contribution in [0.15, 0.2) is 34.1 Å². The quantitative estimate of drug-likeness (QED) is 0.696. The predicted octanol–water partition coefficient (Wildman–Crippen LogP) is 0.681. The Morgan fingerprint density at radius 2 is 2.20 bits per heavy atom. The molecular formula is C9H6N2O3S. The van der Waals surface area contributed by atoms with Crippen LogP contribution in [0.1, 0.15) is 10.5 Å². The molecule has 0 aliphatic rings. The molecule has 2 aromatic rings. The SMILES string of the molecule is O=C(O)c1nc2ccccn2c(=O)c1S. The smallest absolute Gasteiger partial charge is 0.355 e. The molecule has 15 heavy (non-hydrogen) atoms. The topological polar surface area (TPSA) is 71.7 Å². The Bertz CT molecular complexity index is 606. The van der Waals surface area contributed by atoms with Gasteiger partial charge >= 0.3 is 5.97 Å². The molecule has 0 amide bonds. The summed E-state index contributed by atoms with van der Waals surface area (Å²) >= 11 is 3.85. The minimum Gasteiger partial charge on any atom is -0.476 e. The van der Waals surface area contributed by atoms with Crippen molar-refractivity contribution >= 4 is 24.2 Å². The number of aromatic nitrogens is 2. The Morgan fingerprint density at radius 1 is 1.47 bits per heavy atom. The lowest BCUT2D eigenvalue weighted by Crippen LogP contribution is -2.20. The van der Waals surface area contributed by atoms with Gasteiger partial charge in [0.05, 0.1) is 0 Å². The second-order valence-electron chi connectivity index (χ2n) is 2.85. The number of nitrogens with zero attached hydrogens (tertiary/aromatic N) is 2. The van der Waals surface area contributed by atoms with Gasteiger partial charge in [0.25, 0.3) is 5.56 Å². The number of thiol groups is 1. The fourth-order valence-corrected chi connectivity index (χ4v) is 1.48. The molecule has 2 heterocycles. The molecule has 0 saturated heterocycles. The summed E-state index contributed by atoms with van der Waals surface area (Å²) in [6, 6.07) is 4.89. The highest BCUT2D eigenvalue weighted by atomic mass is 32.1. The maximum absolute atomic E-state index is 11.6. The molecule has 0 unspecified atom stereocenters. The van der Waals surface area contributed by atoms with Crippen LogP contribution in [0, 0.1) is 0 Å². The first-order valence-corrected chi connectivity index (χ1v) is 4.49. The molecule has 76 valence electrons. The summed E-state index contributed by atoms with van der Waals surface area (Å²) in [6.07, 6.45) is 1.51. The molecule has 2 aromatic heterocycles. The van der Waals surface area contributed by atoms with Crippen LogP contribution in [0.4, 0.5) is 0 Å². The van der Waals surface area contributed by atoms with Crippen molar-refractivity contribution < 1.29 is 9.90 Å². The van der Waals surface area contributed by atoms with Crippen molar-refractivity contribution in [3.8, 4) is 0 Å². The maximum Gasteiger partial charge on any atom is 0.355 e. The third-order valence-corrected chi connectivity index (χ3v) is 2.32. The third-order valence-electron chi connectivity index (χ3n) is 1.91. The second kappa shape index (κ2) is 3.39. The first kappa shape index (κ1) is 9.72. The van der Waals surface area contributed by atoms with Gasteiger partial charge in [-0.2, -0.15) is 0 Å². The number of carboxylic acids is 1. The van der Waals surface area contributed by atoms with E-state index in [0.29, 0.717) is 0 Å². The van der Waals surface area contributed by atoms with Gasteiger partial charge in [-0.25, -0.2) is 9.78 Å². The van der Waals surface area contributed by atoms with Crippen LogP contribution < -0.4 is 5.56 Å². The monoisotopic (exact) mass is 222 g/mol. The first-order valence-electron chi connectivity index (χ1n) is 4.05. The lowest BCUT2D eigenvalue weighted by molar-refractivity contribution is 0.0686. The summed E-state index contributed by atoms with van der Waals surface area (Å²) in [4.78, 5) is 26.1. The Balaban J connectivity index is 2.95.